The number of ether oxygens (including phenoxy) is 2. The highest BCUT2D eigenvalue weighted by Crippen LogP contribution is 2.30. The quantitative estimate of drug-likeness (QED) is 0.429. The van der Waals surface area contributed by atoms with Gasteiger partial charge in [-0.3, -0.25) is 9.36 Å². The molecule has 0 radical (unpaired) electrons. The van der Waals surface area contributed by atoms with Crippen molar-refractivity contribution in [3.8, 4) is 11.8 Å². The number of hydrogen-bond donors (Lipinski definition) is 3. The van der Waals surface area contributed by atoms with Gasteiger partial charge in [0.15, 0.2) is 0 Å². The molecule has 0 aliphatic carbocycles. The summed E-state index contributed by atoms with van der Waals surface area (Å²) in [6, 6.07) is 0. The normalized spacial score (nSPS) is 21.3. The maximum absolute atomic E-state index is 12.2. The van der Waals surface area contributed by atoms with E-state index in [1.807, 2.05) is 0 Å². The van der Waals surface area contributed by atoms with Crippen molar-refractivity contribution in [1.29, 1.82) is 0 Å². The minimum Gasteiger partial charge on any atom is -0.394 e. The second-order valence-electron chi connectivity index (χ2n) is 5.92. The summed E-state index contributed by atoms with van der Waals surface area (Å²) in [5, 5.41) is 11.0. The molecule has 1 aromatic rings. The number of nitrogen functional groups attached to an aromatic ring is 1. The van der Waals surface area contributed by atoms with Crippen molar-refractivity contribution in [3.63, 3.8) is 0 Å². The van der Waals surface area contributed by atoms with Gasteiger partial charge in [0.25, 0.3) is 0 Å². The molecule has 9 nitrogen and oxygen atoms in total. The summed E-state index contributed by atoms with van der Waals surface area (Å²) in [4.78, 5) is 26.5. The van der Waals surface area contributed by atoms with Gasteiger partial charge >= 0.3 is 17.8 Å². The Kier molecular flexibility index (Phi) is 7.38. The Hall–Kier alpha value is -2.88. The molecule has 12 heteroatoms. The van der Waals surface area contributed by atoms with Gasteiger partial charge < -0.3 is 25.6 Å². The summed E-state index contributed by atoms with van der Waals surface area (Å²) >= 11 is 0. The van der Waals surface area contributed by atoms with Crippen molar-refractivity contribution >= 4 is 11.7 Å². The number of aliphatic hydroxyl groups excluding tert-OH is 1. The van der Waals surface area contributed by atoms with Crippen LogP contribution in [0.5, 0.6) is 0 Å². The maximum atomic E-state index is 12.2. The molecule has 1 amide bonds. The first-order chi connectivity index (χ1) is 13.7. The largest absolute Gasteiger partial charge is 0.471 e. The fourth-order valence-corrected chi connectivity index (χ4v) is 2.55. The molecular formula is C17H19F3N4O5. The molecule has 0 saturated carbocycles. The Morgan fingerprint density at radius 1 is 1.59 bits per heavy atom. The lowest BCUT2D eigenvalue weighted by Crippen LogP contribution is -2.36. The number of amides is 1. The van der Waals surface area contributed by atoms with E-state index in [-0.39, 0.29) is 31.0 Å². The third kappa shape index (κ3) is 5.80. The van der Waals surface area contributed by atoms with Crippen LogP contribution in [0.25, 0.3) is 0 Å². The van der Waals surface area contributed by atoms with E-state index in [4.69, 9.17) is 15.2 Å². The number of nitrogens with two attached hydrogens (primary N) is 1. The summed E-state index contributed by atoms with van der Waals surface area (Å²) in [7, 11) is 0. The van der Waals surface area contributed by atoms with Crippen LogP contribution in [0.1, 0.15) is 18.2 Å². The maximum Gasteiger partial charge on any atom is 0.471 e. The van der Waals surface area contributed by atoms with Crippen LogP contribution >= 0.6 is 0 Å². The molecule has 29 heavy (non-hydrogen) atoms. The average Bonchev–Trinajstić information content (AvgIpc) is 3.06. The Morgan fingerprint density at radius 3 is 2.93 bits per heavy atom. The molecule has 1 aliphatic rings. The van der Waals surface area contributed by atoms with E-state index in [1.165, 1.54) is 12.3 Å². The standard InChI is InChI=1S/C17H19F3N4O5/c1-2-6-28-11-7-13(29-12(11)9-25)24-8-10(14(21)23-16(24)27)4-3-5-22-15(26)17(18,19)20/h2,8,11-13,25H,1,5-7,9H2,(H,22,26)(H2,21,23,27)/t11-,12-,13-/m1/s1. The number of alkyl halides is 3. The van der Waals surface area contributed by atoms with Crippen LogP contribution in [0.15, 0.2) is 23.6 Å². The molecular weight excluding hydrogens is 397 g/mol. The van der Waals surface area contributed by atoms with Crippen molar-refractivity contribution in [1.82, 2.24) is 14.9 Å². The van der Waals surface area contributed by atoms with Crippen molar-refractivity contribution in [3.05, 3.63) is 34.9 Å². The molecule has 1 aromatic heterocycles. The molecule has 1 fully saturated rings. The van der Waals surface area contributed by atoms with Gasteiger partial charge in [0.1, 0.15) is 18.1 Å². The Morgan fingerprint density at radius 2 is 2.31 bits per heavy atom. The summed E-state index contributed by atoms with van der Waals surface area (Å²) in [6.07, 6.45) is -3.96. The predicted molar refractivity (Wildman–Crippen MR) is 94.4 cm³/mol. The number of rotatable bonds is 6. The van der Waals surface area contributed by atoms with Crippen LogP contribution in [0.4, 0.5) is 19.0 Å². The van der Waals surface area contributed by atoms with E-state index in [9.17, 15) is 27.9 Å². The van der Waals surface area contributed by atoms with E-state index < -0.39 is 42.8 Å². The lowest BCUT2D eigenvalue weighted by Gasteiger charge is -2.15. The zero-order valence-corrected chi connectivity index (χ0v) is 15.1. The van der Waals surface area contributed by atoms with Crippen LogP contribution in [-0.2, 0) is 14.3 Å². The van der Waals surface area contributed by atoms with Gasteiger partial charge in [0.05, 0.1) is 31.4 Å². The van der Waals surface area contributed by atoms with E-state index in [0.717, 1.165) is 4.57 Å². The van der Waals surface area contributed by atoms with Crippen molar-refractivity contribution in [2.45, 2.75) is 31.0 Å². The number of halogens is 3. The SMILES string of the molecule is C=CCO[C@@H]1C[C@H](n2cc(C#CCNC(=O)C(F)(F)F)c(N)nc2=O)O[C@@H]1CO. The van der Waals surface area contributed by atoms with Crippen molar-refractivity contribution < 1.29 is 32.5 Å². The van der Waals surface area contributed by atoms with Gasteiger partial charge in [-0.2, -0.15) is 18.2 Å². The van der Waals surface area contributed by atoms with Gasteiger partial charge in [-0.1, -0.05) is 17.9 Å². The molecule has 3 atom stereocenters. The highest BCUT2D eigenvalue weighted by Gasteiger charge is 2.38. The number of aromatic nitrogens is 2. The number of anilines is 1. The summed E-state index contributed by atoms with van der Waals surface area (Å²) < 4.78 is 48.6. The van der Waals surface area contributed by atoms with Crippen LogP contribution in [0.2, 0.25) is 0 Å². The molecule has 158 valence electrons. The van der Waals surface area contributed by atoms with Crippen molar-refractivity contribution in [2.24, 2.45) is 0 Å². The number of nitrogens with zero attached hydrogens (tertiary/aromatic N) is 2. The molecule has 0 aromatic carbocycles. The molecule has 0 spiro atoms. The average molecular weight is 416 g/mol. The van der Waals surface area contributed by atoms with Crippen LogP contribution in [-0.4, -0.2) is 58.7 Å². The Balaban J connectivity index is 2.16. The van der Waals surface area contributed by atoms with Gasteiger partial charge in [0, 0.05) is 12.6 Å². The van der Waals surface area contributed by atoms with E-state index in [2.05, 4.69) is 23.4 Å². The van der Waals surface area contributed by atoms with Crippen LogP contribution in [0, 0.1) is 11.8 Å². The van der Waals surface area contributed by atoms with E-state index in [1.54, 1.807) is 5.32 Å². The third-order valence-corrected chi connectivity index (χ3v) is 3.90. The molecule has 0 bridgehead atoms. The lowest BCUT2D eigenvalue weighted by atomic mass is 10.2. The summed E-state index contributed by atoms with van der Waals surface area (Å²) in [6.45, 7) is 2.85. The topological polar surface area (TPSA) is 129 Å². The van der Waals surface area contributed by atoms with E-state index >= 15 is 0 Å². The summed E-state index contributed by atoms with van der Waals surface area (Å²) in [5.74, 6) is 2.41. The number of aliphatic hydroxyl groups is 1. The highest BCUT2D eigenvalue weighted by molar-refractivity contribution is 5.81. The number of hydrogen-bond acceptors (Lipinski definition) is 7. The minimum atomic E-state index is -5.01. The Bertz CT molecular complexity index is 875. The monoisotopic (exact) mass is 416 g/mol. The van der Waals surface area contributed by atoms with Gasteiger partial charge in [-0.15, -0.1) is 6.58 Å². The van der Waals surface area contributed by atoms with Crippen LogP contribution in [0.3, 0.4) is 0 Å². The number of carbonyl (C=O) groups excluding carboxylic acids is 1. The van der Waals surface area contributed by atoms with Gasteiger partial charge in [0.2, 0.25) is 0 Å². The van der Waals surface area contributed by atoms with Gasteiger partial charge in [-0.25, -0.2) is 4.79 Å². The fraction of sp³-hybridized carbons (Fsp3) is 0.471. The number of nitrogens with one attached hydrogen (secondary N) is 1. The van der Waals surface area contributed by atoms with Crippen molar-refractivity contribution in [2.75, 3.05) is 25.5 Å². The molecule has 1 aliphatic heterocycles. The molecule has 4 N–H and O–H groups in total. The molecule has 1 saturated heterocycles. The predicted octanol–water partition coefficient (Wildman–Crippen LogP) is -0.293. The summed E-state index contributed by atoms with van der Waals surface area (Å²) in [5.41, 5.74) is 4.96. The first kappa shape index (κ1) is 22.4. The molecule has 0 unspecified atom stereocenters. The zero-order valence-electron chi connectivity index (χ0n) is 15.1. The van der Waals surface area contributed by atoms with E-state index in [0.29, 0.717) is 0 Å². The lowest BCUT2D eigenvalue weighted by molar-refractivity contribution is -0.173. The fourth-order valence-electron chi connectivity index (χ4n) is 2.55. The minimum absolute atomic E-state index is 0.0606. The molecule has 2 heterocycles. The Labute approximate surface area is 163 Å². The smallest absolute Gasteiger partial charge is 0.394 e. The third-order valence-electron chi connectivity index (χ3n) is 3.90. The zero-order chi connectivity index (χ0) is 21.6. The number of carbonyl (C=O) groups is 1. The van der Waals surface area contributed by atoms with Crippen LogP contribution < -0.4 is 16.7 Å². The first-order valence-corrected chi connectivity index (χ1v) is 8.38. The second-order valence-corrected chi connectivity index (χ2v) is 5.92. The first-order valence-electron chi connectivity index (χ1n) is 8.38. The highest BCUT2D eigenvalue weighted by atomic mass is 19.4. The second kappa shape index (κ2) is 9.55. The molecule has 2 rings (SSSR count). The van der Waals surface area contributed by atoms with Gasteiger partial charge in [-0.05, 0) is 0 Å².